The molecule has 2 rings (SSSR count). The third kappa shape index (κ3) is 3.53. The van der Waals surface area contributed by atoms with E-state index in [1.165, 1.54) is 12.1 Å². The summed E-state index contributed by atoms with van der Waals surface area (Å²) in [6.45, 7) is 2.07. The van der Waals surface area contributed by atoms with E-state index in [9.17, 15) is 20.2 Å². The quantitative estimate of drug-likeness (QED) is 0.674. The molecule has 0 spiro atoms. The summed E-state index contributed by atoms with van der Waals surface area (Å²) in [7, 11) is 0. The maximum atomic E-state index is 11.0. The van der Waals surface area contributed by atoms with Crippen molar-refractivity contribution in [3.05, 3.63) is 38.4 Å². The molecular formula is C13H16N4O4. The number of benzene rings is 1. The highest BCUT2D eigenvalue weighted by Crippen LogP contribution is 2.29. The van der Waals surface area contributed by atoms with Gasteiger partial charge in [-0.05, 0) is 31.2 Å². The molecule has 112 valence electrons. The van der Waals surface area contributed by atoms with Gasteiger partial charge >= 0.3 is 5.69 Å². The summed E-state index contributed by atoms with van der Waals surface area (Å²) in [5, 5.41) is 25.9. The molecule has 0 bridgehead atoms. The molecule has 0 heterocycles. The maximum absolute atomic E-state index is 11.0. The zero-order valence-electron chi connectivity index (χ0n) is 11.6. The summed E-state index contributed by atoms with van der Waals surface area (Å²) >= 11 is 0. The first-order valence-electron chi connectivity index (χ1n) is 6.74. The summed E-state index contributed by atoms with van der Waals surface area (Å²) in [4.78, 5) is 20.4. The SMILES string of the molecule is C[C@H]1CCCC/C1=N/Nc1ccc([N+](=O)[O-])cc1[N+](=O)[O-]. The molecule has 0 radical (unpaired) electrons. The van der Waals surface area contributed by atoms with Crippen LogP contribution in [0.15, 0.2) is 23.3 Å². The van der Waals surface area contributed by atoms with Crippen molar-refractivity contribution >= 4 is 22.8 Å². The van der Waals surface area contributed by atoms with E-state index in [-0.39, 0.29) is 17.1 Å². The molecule has 1 N–H and O–H groups in total. The van der Waals surface area contributed by atoms with Gasteiger partial charge in [-0.15, -0.1) is 0 Å². The largest absolute Gasteiger partial charge is 0.301 e. The van der Waals surface area contributed by atoms with Gasteiger partial charge in [-0.3, -0.25) is 25.7 Å². The van der Waals surface area contributed by atoms with Crippen molar-refractivity contribution in [3.63, 3.8) is 0 Å². The minimum Gasteiger partial charge on any atom is -0.272 e. The predicted octanol–water partition coefficient (Wildman–Crippen LogP) is 3.48. The molecule has 1 atom stereocenters. The second kappa shape index (κ2) is 6.29. The molecule has 1 aromatic rings. The second-order valence-corrected chi connectivity index (χ2v) is 5.08. The molecule has 1 aliphatic rings. The minimum absolute atomic E-state index is 0.163. The third-order valence-electron chi connectivity index (χ3n) is 3.60. The molecule has 1 aliphatic carbocycles. The number of rotatable bonds is 4. The number of nitrogens with zero attached hydrogens (tertiary/aromatic N) is 3. The van der Waals surface area contributed by atoms with Crippen molar-refractivity contribution in [1.29, 1.82) is 0 Å². The highest BCUT2D eigenvalue weighted by molar-refractivity contribution is 5.88. The van der Waals surface area contributed by atoms with Gasteiger partial charge in [0, 0.05) is 11.8 Å². The van der Waals surface area contributed by atoms with Crippen LogP contribution < -0.4 is 5.43 Å². The average Bonchev–Trinajstić information content (AvgIpc) is 2.46. The Morgan fingerprint density at radius 2 is 2.00 bits per heavy atom. The van der Waals surface area contributed by atoms with E-state index < -0.39 is 9.85 Å². The van der Waals surface area contributed by atoms with Gasteiger partial charge in [0.05, 0.1) is 15.9 Å². The van der Waals surface area contributed by atoms with Crippen LogP contribution in [0.1, 0.15) is 32.6 Å². The van der Waals surface area contributed by atoms with Crippen LogP contribution in [0.25, 0.3) is 0 Å². The molecule has 0 amide bonds. The van der Waals surface area contributed by atoms with Crippen molar-refractivity contribution in [2.45, 2.75) is 32.6 Å². The van der Waals surface area contributed by atoms with Crippen LogP contribution in [-0.4, -0.2) is 15.6 Å². The Morgan fingerprint density at radius 3 is 2.62 bits per heavy atom. The lowest BCUT2D eigenvalue weighted by Gasteiger charge is -2.19. The van der Waals surface area contributed by atoms with Crippen molar-refractivity contribution in [2.24, 2.45) is 11.0 Å². The topological polar surface area (TPSA) is 111 Å². The van der Waals surface area contributed by atoms with E-state index in [0.717, 1.165) is 37.5 Å². The molecule has 8 heteroatoms. The fourth-order valence-corrected chi connectivity index (χ4v) is 2.35. The lowest BCUT2D eigenvalue weighted by Crippen LogP contribution is -2.17. The van der Waals surface area contributed by atoms with Gasteiger partial charge in [-0.25, -0.2) is 0 Å². The number of nitro benzene ring substituents is 2. The Hall–Kier alpha value is -2.51. The highest BCUT2D eigenvalue weighted by Gasteiger charge is 2.20. The average molecular weight is 292 g/mol. The van der Waals surface area contributed by atoms with Crippen LogP contribution in [0.4, 0.5) is 17.1 Å². The second-order valence-electron chi connectivity index (χ2n) is 5.08. The summed E-state index contributed by atoms with van der Waals surface area (Å²) in [5.74, 6) is 0.350. The standard InChI is InChI=1S/C13H16N4O4/c1-9-4-2-3-5-11(9)14-15-12-7-6-10(16(18)19)8-13(12)17(20)21/h6-9,15H,2-5H2,1H3/b14-11-/t9-/m0/s1. The molecule has 0 aromatic heterocycles. The van der Waals surface area contributed by atoms with Gasteiger partial charge in [0.1, 0.15) is 5.69 Å². The van der Waals surface area contributed by atoms with Crippen LogP contribution in [-0.2, 0) is 0 Å². The normalized spacial score (nSPS) is 20.2. The molecule has 0 saturated heterocycles. The maximum Gasteiger partial charge on any atom is 0.301 e. The van der Waals surface area contributed by atoms with Gasteiger partial charge in [0.15, 0.2) is 0 Å². The van der Waals surface area contributed by atoms with Crippen molar-refractivity contribution in [3.8, 4) is 0 Å². The minimum atomic E-state index is -0.661. The number of nitrogens with one attached hydrogen (secondary N) is 1. The third-order valence-corrected chi connectivity index (χ3v) is 3.60. The fraction of sp³-hybridized carbons (Fsp3) is 0.462. The van der Waals surface area contributed by atoms with Crippen molar-refractivity contribution in [2.75, 3.05) is 5.43 Å². The Bertz CT molecular complexity index is 600. The lowest BCUT2D eigenvalue weighted by molar-refractivity contribution is -0.393. The lowest BCUT2D eigenvalue weighted by atomic mass is 9.89. The van der Waals surface area contributed by atoms with Crippen molar-refractivity contribution in [1.82, 2.24) is 0 Å². The first-order valence-corrected chi connectivity index (χ1v) is 6.74. The summed E-state index contributed by atoms with van der Waals surface area (Å²) < 4.78 is 0. The first-order chi connectivity index (χ1) is 9.99. The number of hydrogen-bond donors (Lipinski definition) is 1. The molecule has 21 heavy (non-hydrogen) atoms. The highest BCUT2D eigenvalue weighted by atomic mass is 16.6. The summed E-state index contributed by atoms with van der Waals surface area (Å²) in [6, 6.07) is 3.47. The van der Waals surface area contributed by atoms with Crippen LogP contribution in [0.3, 0.4) is 0 Å². The molecule has 8 nitrogen and oxygen atoms in total. The Morgan fingerprint density at radius 1 is 1.24 bits per heavy atom. The van der Waals surface area contributed by atoms with Crippen LogP contribution in [0.5, 0.6) is 0 Å². The number of anilines is 1. The van der Waals surface area contributed by atoms with E-state index in [1.54, 1.807) is 0 Å². The van der Waals surface area contributed by atoms with Crippen LogP contribution in [0.2, 0.25) is 0 Å². The smallest absolute Gasteiger partial charge is 0.272 e. The number of hydrazone groups is 1. The Balaban J connectivity index is 2.25. The number of non-ortho nitro benzene ring substituents is 1. The summed E-state index contributed by atoms with van der Waals surface area (Å²) in [5.41, 5.74) is 3.16. The number of nitro groups is 2. The monoisotopic (exact) mass is 292 g/mol. The van der Waals surface area contributed by atoms with E-state index in [4.69, 9.17) is 0 Å². The Kier molecular flexibility index (Phi) is 4.46. The van der Waals surface area contributed by atoms with E-state index in [1.807, 2.05) is 0 Å². The van der Waals surface area contributed by atoms with Gasteiger partial charge in [-0.1, -0.05) is 13.3 Å². The van der Waals surface area contributed by atoms with Gasteiger partial charge < -0.3 is 0 Å². The van der Waals surface area contributed by atoms with Gasteiger partial charge in [-0.2, -0.15) is 5.10 Å². The first kappa shape index (κ1) is 14.9. The Labute approximate surface area is 121 Å². The fourth-order valence-electron chi connectivity index (χ4n) is 2.35. The molecule has 1 saturated carbocycles. The molecular weight excluding hydrogens is 276 g/mol. The van der Waals surface area contributed by atoms with Gasteiger partial charge in [0.25, 0.3) is 5.69 Å². The van der Waals surface area contributed by atoms with Crippen LogP contribution in [0, 0.1) is 26.1 Å². The number of hydrogen-bond acceptors (Lipinski definition) is 6. The molecule has 1 aromatic carbocycles. The zero-order chi connectivity index (χ0) is 15.4. The zero-order valence-corrected chi connectivity index (χ0v) is 11.6. The molecule has 0 aliphatic heterocycles. The van der Waals surface area contributed by atoms with E-state index in [0.29, 0.717) is 5.92 Å². The van der Waals surface area contributed by atoms with Crippen molar-refractivity contribution < 1.29 is 9.85 Å². The summed E-state index contributed by atoms with van der Waals surface area (Å²) in [6.07, 6.45) is 4.16. The van der Waals surface area contributed by atoms with E-state index in [2.05, 4.69) is 17.5 Å². The van der Waals surface area contributed by atoms with Crippen LogP contribution >= 0.6 is 0 Å². The predicted molar refractivity (Wildman–Crippen MR) is 78.4 cm³/mol. The molecule has 1 fully saturated rings. The van der Waals surface area contributed by atoms with E-state index >= 15 is 0 Å². The van der Waals surface area contributed by atoms with Gasteiger partial charge in [0.2, 0.25) is 0 Å². The molecule has 0 unspecified atom stereocenters.